The molecule has 4 nitrogen and oxygen atoms in total. The van der Waals surface area contributed by atoms with Gasteiger partial charge in [-0.2, -0.15) is 0 Å². The summed E-state index contributed by atoms with van der Waals surface area (Å²) in [5.74, 6) is 0.657. The van der Waals surface area contributed by atoms with Crippen LogP contribution in [-0.2, 0) is 15.4 Å². The molecule has 0 unspecified atom stereocenters. The van der Waals surface area contributed by atoms with Gasteiger partial charge < -0.3 is 4.90 Å². The van der Waals surface area contributed by atoms with Gasteiger partial charge in [-0.1, -0.05) is 91.0 Å². The van der Waals surface area contributed by atoms with Gasteiger partial charge in [0.05, 0.1) is 6.26 Å². The van der Waals surface area contributed by atoms with Crippen LogP contribution in [0, 0.1) is 0 Å². The molecule has 0 aromatic heterocycles. The van der Waals surface area contributed by atoms with Gasteiger partial charge in [-0.3, -0.25) is 0 Å². The highest BCUT2D eigenvalue weighted by atomic mass is 32.2. The zero-order chi connectivity index (χ0) is 23.9. The Labute approximate surface area is 205 Å². The van der Waals surface area contributed by atoms with E-state index in [1.807, 2.05) is 36.4 Å². The van der Waals surface area contributed by atoms with Crippen molar-refractivity contribution in [3.05, 3.63) is 108 Å². The van der Waals surface area contributed by atoms with Crippen LogP contribution in [0.25, 0.3) is 0 Å². The summed E-state index contributed by atoms with van der Waals surface area (Å²) < 4.78 is 27.0. The average Bonchev–Trinajstić information content (AvgIpc) is 2.88. The first-order valence-electron chi connectivity index (χ1n) is 12.3. The molecule has 5 heteroatoms. The molecule has 0 bridgehead atoms. The minimum atomic E-state index is -3.31. The van der Waals surface area contributed by atoms with E-state index in [0.29, 0.717) is 12.5 Å². The van der Waals surface area contributed by atoms with Gasteiger partial charge in [-0.15, -0.1) is 0 Å². The molecule has 4 rings (SSSR count). The number of rotatable bonds is 10. The number of likely N-dealkylation sites (tertiary alicyclic amines) is 1. The molecule has 1 heterocycles. The van der Waals surface area contributed by atoms with Crippen LogP contribution in [0.2, 0.25) is 0 Å². The Kier molecular flexibility index (Phi) is 8.19. The minimum Gasteiger partial charge on any atom is -0.303 e. The SMILES string of the molecule is CS(=O)(=O)NCC(CCCN1CCC(c2ccccc2)CC1)(c1ccccc1)c1ccccc1. The first-order chi connectivity index (χ1) is 16.5. The predicted molar refractivity (Wildman–Crippen MR) is 141 cm³/mol. The second-order valence-corrected chi connectivity index (χ2v) is 11.4. The zero-order valence-corrected chi connectivity index (χ0v) is 20.9. The number of hydrogen-bond donors (Lipinski definition) is 1. The lowest BCUT2D eigenvalue weighted by Crippen LogP contribution is -2.42. The summed E-state index contributed by atoms with van der Waals surface area (Å²) in [6.45, 7) is 3.62. The van der Waals surface area contributed by atoms with Crippen LogP contribution >= 0.6 is 0 Å². The largest absolute Gasteiger partial charge is 0.303 e. The lowest BCUT2D eigenvalue weighted by molar-refractivity contribution is 0.204. The molecule has 180 valence electrons. The molecule has 1 saturated heterocycles. The van der Waals surface area contributed by atoms with Crippen molar-refractivity contribution in [3.8, 4) is 0 Å². The molecule has 1 fully saturated rings. The van der Waals surface area contributed by atoms with Crippen molar-refractivity contribution in [1.82, 2.24) is 9.62 Å². The van der Waals surface area contributed by atoms with Crippen molar-refractivity contribution in [2.45, 2.75) is 37.0 Å². The fourth-order valence-electron chi connectivity index (χ4n) is 5.34. The van der Waals surface area contributed by atoms with E-state index >= 15 is 0 Å². The molecule has 0 aliphatic carbocycles. The number of benzene rings is 3. The van der Waals surface area contributed by atoms with Gasteiger partial charge in [-0.25, -0.2) is 13.1 Å². The Morgan fingerprint density at radius 3 is 1.82 bits per heavy atom. The van der Waals surface area contributed by atoms with E-state index in [1.54, 1.807) is 0 Å². The molecular formula is C29H36N2O2S. The van der Waals surface area contributed by atoms with E-state index in [1.165, 1.54) is 24.7 Å². The van der Waals surface area contributed by atoms with Gasteiger partial charge in [0.2, 0.25) is 10.0 Å². The molecule has 0 saturated carbocycles. The Morgan fingerprint density at radius 1 is 0.824 bits per heavy atom. The number of nitrogens with one attached hydrogen (secondary N) is 1. The summed E-state index contributed by atoms with van der Waals surface area (Å²) in [6, 6.07) is 31.6. The summed E-state index contributed by atoms with van der Waals surface area (Å²) in [7, 11) is -3.31. The van der Waals surface area contributed by atoms with Crippen molar-refractivity contribution < 1.29 is 8.42 Å². The summed E-state index contributed by atoms with van der Waals surface area (Å²) in [6.07, 6.45) is 5.52. The lowest BCUT2D eigenvalue weighted by Gasteiger charge is -2.37. The summed E-state index contributed by atoms with van der Waals surface area (Å²) >= 11 is 0. The van der Waals surface area contributed by atoms with E-state index in [4.69, 9.17) is 0 Å². The fraction of sp³-hybridized carbons (Fsp3) is 0.379. The Morgan fingerprint density at radius 2 is 1.32 bits per heavy atom. The molecule has 1 N–H and O–H groups in total. The van der Waals surface area contributed by atoms with Crippen LogP contribution in [0.15, 0.2) is 91.0 Å². The minimum absolute atomic E-state index is 0.357. The van der Waals surface area contributed by atoms with Crippen molar-refractivity contribution in [3.63, 3.8) is 0 Å². The third kappa shape index (κ3) is 6.35. The molecule has 0 atom stereocenters. The number of nitrogens with zero attached hydrogens (tertiary/aromatic N) is 1. The maximum Gasteiger partial charge on any atom is 0.208 e. The van der Waals surface area contributed by atoms with Gasteiger partial charge in [0.25, 0.3) is 0 Å². The molecule has 0 spiro atoms. The second kappa shape index (κ2) is 11.3. The first-order valence-corrected chi connectivity index (χ1v) is 14.2. The third-order valence-corrected chi connectivity index (χ3v) is 7.89. The predicted octanol–water partition coefficient (Wildman–Crippen LogP) is 5.18. The van der Waals surface area contributed by atoms with Crippen LogP contribution in [-0.4, -0.2) is 45.8 Å². The summed E-state index contributed by atoms with van der Waals surface area (Å²) in [5, 5.41) is 0. The summed E-state index contributed by atoms with van der Waals surface area (Å²) in [4.78, 5) is 2.57. The van der Waals surface area contributed by atoms with E-state index in [9.17, 15) is 8.42 Å². The zero-order valence-electron chi connectivity index (χ0n) is 20.1. The first kappa shape index (κ1) is 24.6. The molecule has 1 aliphatic heterocycles. The van der Waals surface area contributed by atoms with Crippen molar-refractivity contribution in [1.29, 1.82) is 0 Å². The van der Waals surface area contributed by atoms with Gasteiger partial charge in [0, 0.05) is 12.0 Å². The smallest absolute Gasteiger partial charge is 0.208 e. The van der Waals surface area contributed by atoms with Crippen LogP contribution in [0.3, 0.4) is 0 Å². The fourth-order valence-corrected chi connectivity index (χ4v) is 5.84. The van der Waals surface area contributed by atoms with Gasteiger partial charge in [-0.05, 0) is 67.9 Å². The molecule has 34 heavy (non-hydrogen) atoms. The maximum absolute atomic E-state index is 12.1. The molecule has 1 aliphatic rings. The Bertz CT molecular complexity index is 1070. The van der Waals surface area contributed by atoms with Gasteiger partial charge in [0.15, 0.2) is 0 Å². The molecular weight excluding hydrogens is 440 g/mol. The van der Waals surface area contributed by atoms with E-state index in [0.717, 1.165) is 43.6 Å². The van der Waals surface area contributed by atoms with Crippen molar-refractivity contribution >= 4 is 10.0 Å². The normalized spacial score (nSPS) is 15.9. The highest BCUT2D eigenvalue weighted by Gasteiger charge is 2.35. The molecule has 3 aromatic carbocycles. The Hall–Kier alpha value is -2.47. The number of piperidine rings is 1. The Balaban J connectivity index is 1.47. The van der Waals surface area contributed by atoms with Gasteiger partial charge in [0.1, 0.15) is 0 Å². The van der Waals surface area contributed by atoms with E-state index in [-0.39, 0.29) is 0 Å². The van der Waals surface area contributed by atoms with Crippen LogP contribution in [0.1, 0.15) is 48.3 Å². The number of sulfonamides is 1. The molecule has 0 radical (unpaired) electrons. The van der Waals surface area contributed by atoms with Gasteiger partial charge >= 0.3 is 0 Å². The topological polar surface area (TPSA) is 49.4 Å². The van der Waals surface area contributed by atoms with Crippen LogP contribution in [0.4, 0.5) is 0 Å². The highest BCUT2D eigenvalue weighted by Crippen LogP contribution is 2.37. The lowest BCUT2D eigenvalue weighted by atomic mass is 9.71. The van der Waals surface area contributed by atoms with Crippen LogP contribution < -0.4 is 4.72 Å². The summed E-state index contributed by atoms with van der Waals surface area (Å²) in [5.41, 5.74) is 3.36. The number of hydrogen-bond acceptors (Lipinski definition) is 3. The van der Waals surface area contributed by atoms with Crippen molar-refractivity contribution in [2.24, 2.45) is 0 Å². The van der Waals surface area contributed by atoms with Crippen molar-refractivity contribution in [2.75, 3.05) is 32.4 Å². The molecule has 3 aromatic rings. The third-order valence-electron chi connectivity index (χ3n) is 7.23. The quantitative estimate of drug-likeness (QED) is 0.439. The maximum atomic E-state index is 12.1. The average molecular weight is 477 g/mol. The monoisotopic (exact) mass is 476 g/mol. The molecule has 0 amide bonds. The standard InChI is InChI=1S/C29H36N2O2S/c1-34(32,33)30-24-29(27-14-7-3-8-15-27,28-16-9-4-10-17-28)20-11-21-31-22-18-26(19-23-31)25-12-5-2-6-13-25/h2-10,12-17,26,30H,11,18-24H2,1H3. The highest BCUT2D eigenvalue weighted by molar-refractivity contribution is 7.88. The second-order valence-electron chi connectivity index (χ2n) is 9.54. The van der Waals surface area contributed by atoms with E-state index < -0.39 is 15.4 Å². The van der Waals surface area contributed by atoms with Crippen LogP contribution in [0.5, 0.6) is 0 Å². The van der Waals surface area contributed by atoms with E-state index in [2.05, 4.69) is 64.2 Å².